The predicted octanol–water partition coefficient (Wildman–Crippen LogP) is 0.0259. The van der Waals surface area contributed by atoms with Crippen molar-refractivity contribution in [1.82, 2.24) is 14.7 Å². The van der Waals surface area contributed by atoms with Crippen LogP contribution in [0.3, 0.4) is 0 Å². The van der Waals surface area contributed by atoms with E-state index in [-0.39, 0.29) is 29.9 Å². The second kappa shape index (κ2) is 5.52. The summed E-state index contributed by atoms with van der Waals surface area (Å²) in [7, 11) is 2.91. The summed E-state index contributed by atoms with van der Waals surface area (Å²) in [6.07, 6.45) is 1.41. The highest BCUT2D eigenvalue weighted by Gasteiger charge is 2.26. The molecule has 7 nitrogen and oxygen atoms in total. The van der Waals surface area contributed by atoms with E-state index in [0.717, 1.165) is 0 Å². The van der Waals surface area contributed by atoms with Crippen LogP contribution in [-0.2, 0) is 16.6 Å². The molecule has 0 saturated carbocycles. The number of ether oxygens (including phenoxy) is 1. The first-order valence-electron chi connectivity index (χ1n) is 5.53. The van der Waals surface area contributed by atoms with E-state index in [1.165, 1.54) is 22.9 Å². The molecule has 0 fully saturated rings. The van der Waals surface area contributed by atoms with Crippen LogP contribution < -0.4 is 5.73 Å². The lowest BCUT2D eigenvalue weighted by molar-refractivity contribution is -0.141. The van der Waals surface area contributed by atoms with E-state index in [1.54, 1.807) is 7.05 Å². The van der Waals surface area contributed by atoms with Crippen LogP contribution in [0.4, 0.5) is 5.69 Å². The molecule has 0 unspecified atom stereocenters. The van der Waals surface area contributed by atoms with Crippen LogP contribution in [0.15, 0.2) is 6.20 Å². The van der Waals surface area contributed by atoms with E-state index < -0.39 is 5.97 Å². The van der Waals surface area contributed by atoms with E-state index in [1.807, 2.05) is 13.8 Å². The fourth-order valence-corrected chi connectivity index (χ4v) is 1.54. The molecule has 1 heterocycles. The molecule has 0 spiro atoms. The monoisotopic (exact) mass is 254 g/mol. The number of hydrogen-bond acceptors (Lipinski definition) is 5. The number of nitrogen functional groups attached to an aromatic ring is 1. The highest BCUT2D eigenvalue weighted by Crippen LogP contribution is 2.14. The van der Waals surface area contributed by atoms with Crippen molar-refractivity contribution in [3.8, 4) is 0 Å². The molecule has 0 aliphatic rings. The fraction of sp³-hybridized carbons (Fsp3) is 0.545. The van der Waals surface area contributed by atoms with E-state index in [4.69, 9.17) is 5.73 Å². The molecule has 1 aromatic rings. The smallest absolute Gasteiger partial charge is 0.325 e. The van der Waals surface area contributed by atoms with Gasteiger partial charge in [0.25, 0.3) is 5.91 Å². The van der Waals surface area contributed by atoms with Crippen molar-refractivity contribution in [2.75, 3.05) is 19.4 Å². The minimum absolute atomic E-state index is 0.113. The number of methoxy groups -OCH3 is 1. The molecule has 0 bridgehead atoms. The van der Waals surface area contributed by atoms with E-state index in [0.29, 0.717) is 0 Å². The second-order valence-electron chi connectivity index (χ2n) is 4.18. The molecule has 1 amide bonds. The number of rotatable bonds is 4. The van der Waals surface area contributed by atoms with Crippen LogP contribution in [-0.4, -0.2) is 46.3 Å². The van der Waals surface area contributed by atoms with Gasteiger partial charge in [0.2, 0.25) is 0 Å². The third-order valence-corrected chi connectivity index (χ3v) is 2.58. The Bertz CT molecular complexity index is 434. The summed E-state index contributed by atoms with van der Waals surface area (Å²) in [6.45, 7) is 3.51. The van der Waals surface area contributed by atoms with E-state index >= 15 is 0 Å². The fourth-order valence-electron chi connectivity index (χ4n) is 1.54. The molecule has 2 N–H and O–H groups in total. The molecule has 1 aromatic heterocycles. The van der Waals surface area contributed by atoms with Gasteiger partial charge in [0.15, 0.2) is 0 Å². The van der Waals surface area contributed by atoms with Crippen molar-refractivity contribution in [3.63, 3.8) is 0 Å². The van der Waals surface area contributed by atoms with Crippen LogP contribution in [0.5, 0.6) is 0 Å². The van der Waals surface area contributed by atoms with Gasteiger partial charge in [-0.2, -0.15) is 5.10 Å². The predicted molar refractivity (Wildman–Crippen MR) is 65.8 cm³/mol. The van der Waals surface area contributed by atoms with Gasteiger partial charge in [0.05, 0.1) is 19.0 Å². The van der Waals surface area contributed by atoms with Crippen LogP contribution in [0.25, 0.3) is 0 Å². The largest absolute Gasteiger partial charge is 0.468 e. The molecular formula is C11H18N4O3. The molecule has 0 aromatic carbocycles. The van der Waals surface area contributed by atoms with Crippen LogP contribution in [0, 0.1) is 0 Å². The summed E-state index contributed by atoms with van der Waals surface area (Å²) in [5.41, 5.74) is 6.26. The lowest BCUT2D eigenvalue weighted by Gasteiger charge is -2.25. The SMILES string of the molecule is COC(=O)CN(C(=O)c1c(N)cnn1C)C(C)C. The lowest BCUT2D eigenvalue weighted by Crippen LogP contribution is -2.42. The van der Waals surface area contributed by atoms with E-state index in [9.17, 15) is 9.59 Å². The maximum Gasteiger partial charge on any atom is 0.325 e. The number of nitrogens with two attached hydrogens (primary N) is 1. The molecule has 0 aliphatic carbocycles. The normalized spacial score (nSPS) is 10.5. The molecular weight excluding hydrogens is 236 g/mol. The Hall–Kier alpha value is -2.05. The summed E-state index contributed by atoms with van der Waals surface area (Å²) < 4.78 is 5.97. The van der Waals surface area contributed by atoms with Gasteiger partial charge in [-0.1, -0.05) is 0 Å². The number of esters is 1. The number of hydrogen-bond donors (Lipinski definition) is 1. The maximum absolute atomic E-state index is 12.3. The average Bonchev–Trinajstić information content (AvgIpc) is 2.64. The first kappa shape index (κ1) is 14.0. The Labute approximate surface area is 105 Å². The standard InChI is InChI=1S/C11H18N4O3/c1-7(2)15(6-9(16)18-4)11(17)10-8(12)5-13-14(10)3/h5,7H,6,12H2,1-4H3. The van der Waals surface area contributed by atoms with E-state index in [2.05, 4.69) is 9.84 Å². The van der Waals surface area contributed by atoms with Crippen molar-refractivity contribution >= 4 is 17.6 Å². The Morgan fingerprint density at radius 2 is 2.17 bits per heavy atom. The Morgan fingerprint density at radius 3 is 2.56 bits per heavy atom. The number of carbonyl (C=O) groups excluding carboxylic acids is 2. The summed E-state index contributed by atoms with van der Waals surface area (Å²) in [4.78, 5) is 25.0. The van der Waals surface area contributed by atoms with Gasteiger partial charge in [-0.15, -0.1) is 0 Å². The zero-order chi connectivity index (χ0) is 13.9. The molecule has 7 heteroatoms. The summed E-state index contributed by atoms with van der Waals surface area (Å²) >= 11 is 0. The van der Waals surface area contributed by atoms with Crippen molar-refractivity contribution < 1.29 is 14.3 Å². The van der Waals surface area contributed by atoms with Gasteiger partial charge in [0, 0.05) is 13.1 Å². The quantitative estimate of drug-likeness (QED) is 0.765. The number of anilines is 1. The topological polar surface area (TPSA) is 90.4 Å². The molecule has 0 radical (unpaired) electrons. The second-order valence-corrected chi connectivity index (χ2v) is 4.18. The number of aryl methyl sites for hydroxylation is 1. The van der Waals surface area contributed by atoms with Gasteiger partial charge in [-0.25, -0.2) is 0 Å². The van der Waals surface area contributed by atoms with Gasteiger partial charge in [-0.05, 0) is 13.8 Å². The zero-order valence-electron chi connectivity index (χ0n) is 11.0. The number of nitrogens with zero attached hydrogens (tertiary/aromatic N) is 3. The van der Waals surface area contributed by atoms with Crippen LogP contribution in [0.2, 0.25) is 0 Å². The highest BCUT2D eigenvalue weighted by atomic mass is 16.5. The van der Waals surface area contributed by atoms with Crippen molar-refractivity contribution in [1.29, 1.82) is 0 Å². The van der Waals surface area contributed by atoms with Crippen LogP contribution >= 0.6 is 0 Å². The minimum Gasteiger partial charge on any atom is -0.468 e. The highest BCUT2D eigenvalue weighted by molar-refractivity contribution is 5.98. The average molecular weight is 254 g/mol. The number of amides is 1. The molecule has 100 valence electrons. The zero-order valence-corrected chi connectivity index (χ0v) is 11.0. The van der Waals surface area contributed by atoms with Gasteiger partial charge in [0.1, 0.15) is 12.2 Å². The molecule has 0 saturated heterocycles. The molecule has 18 heavy (non-hydrogen) atoms. The minimum atomic E-state index is -0.474. The Kier molecular flexibility index (Phi) is 4.30. The molecule has 1 rings (SSSR count). The van der Waals surface area contributed by atoms with Gasteiger partial charge < -0.3 is 15.4 Å². The first-order chi connectivity index (χ1) is 8.38. The molecule has 0 aliphatic heterocycles. The Morgan fingerprint density at radius 1 is 1.56 bits per heavy atom. The van der Waals surface area contributed by atoms with Crippen molar-refractivity contribution in [3.05, 3.63) is 11.9 Å². The maximum atomic E-state index is 12.3. The third-order valence-electron chi connectivity index (χ3n) is 2.58. The summed E-state index contributed by atoms with van der Waals surface area (Å²) in [5, 5.41) is 3.91. The van der Waals surface area contributed by atoms with Crippen molar-refractivity contribution in [2.24, 2.45) is 7.05 Å². The summed E-state index contributed by atoms with van der Waals surface area (Å²) in [5.74, 6) is -0.814. The van der Waals surface area contributed by atoms with Crippen LogP contribution in [0.1, 0.15) is 24.3 Å². The number of carbonyl (C=O) groups is 2. The third kappa shape index (κ3) is 2.79. The first-order valence-corrected chi connectivity index (χ1v) is 5.53. The van der Waals surface area contributed by atoms with Crippen molar-refractivity contribution in [2.45, 2.75) is 19.9 Å². The summed E-state index contributed by atoms with van der Waals surface area (Å²) in [6, 6.07) is -0.147. The van der Waals surface area contributed by atoms with Gasteiger partial charge in [-0.3, -0.25) is 14.3 Å². The molecule has 0 atom stereocenters. The Balaban J connectivity index is 3.00. The number of aromatic nitrogens is 2. The lowest BCUT2D eigenvalue weighted by atomic mass is 10.2. The van der Waals surface area contributed by atoms with Gasteiger partial charge >= 0.3 is 5.97 Å².